The molecule has 2 heterocycles. The first-order valence-electron chi connectivity index (χ1n) is 6.25. The fourth-order valence-electron chi connectivity index (χ4n) is 1.86. The Balaban J connectivity index is 1.77. The SMILES string of the molecule is O=C(Nc1ccc(-n2cccn2)cc1)c1cnccc1Cl. The van der Waals surface area contributed by atoms with Gasteiger partial charge in [-0.1, -0.05) is 11.6 Å². The first-order valence-corrected chi connectivity index (χ1v) is 6.63. The lowest BCUT2D eigenvalue weighted by Crippen LogP contribution is -2.12. The maximum atomic E-state index is 12.1. The third-order valence-corrected chi connectivity index (χ3v) is 3.24. The molecule has 0 radical (unpaired) electrons. The number of carbonyl (C=O) groups excluding carboxylic acids is 1. The average Bonchev–Trinajstić information content (AvgIpc) is 3.02. The summed E-state index contributed by atoms with van der Waals surface area (Å²) in [7, 11) is 0. The van der Waals surface area contributed by atoms with E-state index in [9.17, 15) is 4.79 Å². The first kappa shape index (κ1) is 13.3. The van der Waals surface area contributed by atoms with Crippen LogP contribution in [0.3, 0.4) is 0 Å². The first-order chi connectivity index (χ1) is 10.2. The Hall–Kier alpha value is -2.66. The summed E-state index contributed by atoms with van der Waals surface area (Å²) in [5, 5.41) is 7.29. The highest BCUT2D eigenvalue weighted by Gasteiger charge is 2.10. The van der Waals surface area contributed by atoms with Crippen molar-refractivity contribution in [3.63, 3.8) is 0 Å². The number of rotatable bonds is 3. The van der Waals surface area contributed by atoms with Gasteiger partial charge in [0.15, 0.2) is 0 Å². The zero-order chi connectivity index (χ0) is 14.7. The van der Waals surface area contributed by atoms with Crippen molar-refractivity contribution in [2.24, 2.45) is 0 Å². The second-order valence-electron chi connectivity index (χ2n) is 4.31. The Kier molecular flexibility index (Phi) is 3.66. The molecule has 0 spiro atoms. The third-order valence-electron chi connectivity index (χ3n) is 2.91. The van der Waals surface area contributed by atoms with E-state index in [2.05, 4.69) is 15.4 Å². The molecule has 0 fully saturated rings. The van der Waals surface area contributed by atoms with Crippen LogP contribution in [0.2, 0.25) is 5.02 Å². The zero-order valence-corrected chi connectivity index (χ0v) is 11.7. The summed E-state index contributed by atoms with van der Waals surface area (Å²) in [4.78, 5) is 16.0. The molecular formula is C15H11ClN4O. The number of hydrogen-bond donors (Lipinski definition) is 1. The zero-order valence-electron chi connectivity index (χ0n) is 10.9. The summed E-state index contributed by atoms with van der Waals surface area (Å²) in [5.74, 6) is -0.292. The van der Waals surface area contributed by atoms with Crippen LogP contribution in [-0.2, 0) is 0 Å². The Bertz CT molecular complexity index is 754. The van der Waals surface area contributed by atoms with Crippen molar-refractivity contribution in [3.8, 4) is 5.69 Å². The van der Waals surface area contributed by atoms with Gasteiger partial charge >= 0.3 is 0 Å². The number of hydrogen-bond acceptors (Lipinski definition) is 3. The highest BCUT2D eigenvalue weighted by Crippen LogP contribution is 2.17. The van der Waals surface area contributed by atoms with Gasteiger partial charge in [-0.05, 0) is 36.4 Å². The summed E-state index contributed by atoms with van der Waals surface area (Å²) >= 11 is 5.97. The van der Waals surface area contributed by atoms with Crippen molar-refractivity contribution < 1.29 is 4.79 Å². The van der Waals surface area contributed by atoms with Gasteiger partial charge in [0.05, 0.1) is 16.3 Å². The molecule has 1 amide bonds. The Morgan fingerprint density at radius 3 is 2.62 bits per heavy atom. The molecule has 0 atom stereocenters. The van der Waals surface area contributed by atoms with Gasteiger partial charge < -0.3 is 5.32 Å². The van der Waals surface area contributed by atoms with Crippen molar-refractivity contribution in [2.75, 3.05) is 5.32 Å². The Morgan fingerprint density at radius 1 is 1.14 bits per heavy atom. The lowest BCUT2D eigenvalue weighted by molar-refractivity contribution is 0.102. The van der Waals surface area contributed by atoms with E-state index in [4.69, 9.17) is 11.6 Å². The highest BCUT2D eigenvalue weighted by molar-refractivity contribution is 6.34. The van der Waals surface area contributed by atoms with E-state index in [0.717, 1.165) is 5.69 Å². The molecule has 0 unspecified atom stereocenters. The molecular weight excluding hydrogens is 288 g/mol. The normalized spacial score (nSPS) is 10.3. The van der Waals surface area contributed by atoms with E-state index in [1.165, 1.54) is 12.4 Å². The summed E-state index contributed by atoms with van der Waals surface area (Å²) in [6.45, 7) is 0. The molecule has 6 heteroatoms. The Morgan fingerprint density at radius 2 is 1.95 bits per heavy atom. The maximum Gasteiger partial charge on any atom is 0.258 e. The summed E-state index contributed by atoms with van der Waals surface area (Å²) < 4.78 is 1.74. The van der Waals surface area contributed by atoms with E-state index in [0.29, 0.717) is 16.3 Å². The van der Waals surface area contributed by atoms with Crippen LogP contribution in [0, 0.1) is 0 Å². The fraction of sp³-hybridized carbons (Fsp3) is 0. The molecule has 0 aliphatic rings. The van der Waals surface area contributed by atoms with Crippen molar-refractivity contribution in [1.29, 1.82) is 0 Å². The predicted molar refractivity (Wildman–Crippen MR) is 80.8 cm³/mol. The van der Waals surface area contributed by atoms with Crippen LogP contribution in [0.1, 0.15) is 10.4 Å². The van der Waals surface area contributed by atoms with Crippen LogP contribution >= 0.6 is 11.6 Å². The average molecular weight is 299 g/mol. The second kappa shape index (κ2) is 5.76. The maximum absolute atomic E-state index is 12.1. The fourth-order valence-corrected chi connectivity index (χ4v) is 2.05. The van der Waals surface area contributed by atoms with Gasteiger partial charge in [-0.15, -0.1) is 0 Å². The van der Waals surface area contributed by atoms with E-state index in [1.54, 1.807) is 29.1 Å². The lowest BCUT2D eigenvalue weighted by Gasteiger charge is -2.07. The van der Waals surface area contributed by atoms with Crippen LogP contribution in [0.25, 0.3) is 5.69 Å². The van der Waals surface area contributed by atoms with Crippen molar-refractivity contribution in [3.05, 3.63) is 71.8 Å². The smallest absolute Gasteiger partial charge is 0.258 e. The standard InChI is InChI=1S/C15H11ClN4O/c16-14-6-8-17-10-13(14)15(21)19-11-2-4-12(5-3-11)20-9-1-7-18-20/h1-10H,(H,19,21). The monoisotopic (exact) mass is 298 g/mol. The second-order valence-corrected chi connectivity index (χ2v) is 4.71. The molecule has 0 saturated carbocycles. The van der Waals surface area contributed by atoms with Gasteiger partial charge in [0.25, 0.3) is 5.91 Å². The number of benzene rings is 1. The molecule has 1 aromatic carbocycles. The predicted octanol–water partition coefficient (Wildman–Crippen LogP) is 3.17. The molecule has 0 aliphatic carbocycles. The lowest BCUT2D eigenvalue weighted by atomic mass is 10.2. The number of halogens is 1. The molecule has 0 bridgehead atoms. The summed E-state index contributed by atoms with van der Waals surface area (Å²) in [5.41, 5.74) is 1.93. The van der Waals surface area contributed by atoms with Gasteiger partial charge in [0.1, 0.15) is 0 Å². The van der Waals surface area contributed by atoms with E-state index < -0.39 is 0 Å². The van der Waals surface area contributed by atoms with Crippen LogP contribution in [0.15, 0.2) is 61.2 Å². The van der Waals surface area contributed by atoms with Gasteiger partial charge in [0.2, 0.25) is 0 Å². The number of nitrogens with one attached hydrogen (secondary N) is 1. The minimum atomic E-state index is -0.292. The number of carbonyl (C=O) groups is 1. The number of aromatic nitrogens is 3. The molecule has 2 aromatic heterocycles. The van der Waals surface area contributed by atoms with E-state index in [1.807, 2.05) is 24.4 Å². The van der Waals surface area contributed by atoms with E-state index in [-0.39, 0.29) is 5.91 Å². The van der Waals surface area contributed by atoms with Crippen LogP contribution in [0.4, 0.5) is 5.69 Å². The van der Waals surface area contributed by atoms with Gasteiger partial charge in [-0.25, -0.2) is 4.68 Å². The molecule has 5 nitrogen and oxygen atoms in total. The Labute approximate surface area is 126 Å². The third kappa shape index (κ3) is 2.93. The van der Waals surface area contributed by atoms with Crippen molar-refractivity contribution in [2.45, 2.75) is 0 Å². The van der Waals surface area contributed by atoms with Crippen LogP contribution < -0.4 is 5.32 Å². The van der Waals surface area contributed by atoms with Crippen molar-refractivity contribution in [1.82, 2.24) is 14.8 Å². The van der Waals surface area contributed by atoms with Gasteiger partial charge in [-0.3, -0.25) is 9.78 Å². The topological polar surface area (TPSA) is 59.8 Å². The number of anilines is 1. The van der Waals surface area contributed by atoms with Gasteiger partial charge in [-0.2, -0.15) is 5.10 Å². The molecule has 21 heavy (non-hydrogen) atoms. The minimum Gasteiger partial charge on any atom is -0.322 e. The van der Waals surface area contributed by atoms with Crippen LogP contribution in [-0.4, -0.2) is 20.7 Å². The summed E-state index contributed by atoms with van der Waals surface area (Å²) in [6.07, 6.45) is 6.54. The molecule has 0 saturated heterocycles. The number of amides is 1. The molecule has 0 aliphatic heterocycles. The van der Waals surface area contributed by atoms with Crippen LogP contribution in [0.5, 0.6) is 0 Å². The summed E-state index contributed by atoms with van der Waals surface area (Å²) in [6, 6.07) is 10.8. The molecule has 1 N–H and O–H groups in total. The van der Waals surface area contributed by atoms with Gasteiger partial charge in [0, 0.05) is 30.5 Å². The highest BCUT2D eigenvalue weighted by atomic mass is 35.5. The number of pyridine rings is 1. The number of nitrogens with zero attached hydrogens (tertiary/aromatic N) is 3. The van der Waals surface area contributed by atoms with E-state index >= 15 is 0 Å². The minimum absolute atomic E-state index is 0.292. The van der Waals surface area contributed by atoms with Crippen molar-refractivity contribution >= 4 is 23.2 Å². The molecule has 3 rings (SSSR count). The largest absolute Gasteiger partial charge is 0.322 e. The quantitative estimate of drug-likeness (QED) is 0.808. The molecule has 104 valence electrons. The molecule has 3 aromatic rings.